The molecule has 0 N–H and O–H groups in total. The molecule has 0 aliphatic heterocycles. The van der Waals surface area contributed by atoms with E-state index in [2.05, 4.69) is 4.98 Å². The molecular formula is C12H10FNO2S2. The van der Waals surface area contributed by atoms with E-state index < -0.39 is 5.82 Å². The molecule has 18 heavy (non-hydrogen) atoms. The van der Waals surface area contributed by atoms with Crippen molar-refractivity contribution in [3.63, 3.8) is 0 Å². The lowest BCUT2D eigenvalue weighted by Gasteiger charge is -2.06. The quantitative estimate of drug-likeness (QED) is 0.623. The van der Waals surface area contributed by atoms with Crippen molar-refractivity contribution >= 4 is 28.9 Å². The van der Waals surface area contributed by atoms with E-state index in [-0.39, 0.29) is 17.1 Å². The van der Waals surface area contributed by atoms with Crippen LogP contribution in [0.2, 0.25) is 0 Å². The van der Waals surface area contributed by atoms with Crippen molar-refractivity contribution in [1.29, 1.82) is 0 Å². The summed E-state index contributed by atoms with van der Waals surface area (Å²) in [7, 11) is 1.46. The van der Waals surface area contributed by atoms with Crippen molar-refractivity contribution < 1.29 is 13.9 Å². The second-order valence-electron chi connectivity index (χ2n) is 3.35. The topological polar surface area (TPSA) is 39.2 Å². The number of thiazole rings is 1. The van der Waals surface area contributed by atoms with Crippen molar-refractivity contribution in [1.82, 2.24) is 4.98 Å². The van der Waals surface area contributed by atoms with Crippen molar-refractivity contribution in [2.24, 2.45) is 0 Å². The average molecular weight is 283 g/mol. The number of Topliss-reactive ketones (excluding diaryl/α,β-unsaturated/α-hetero) is 1. The predicted octanol–water partition coefficient (Wildman–Crippen LogP) is 3.27. The van der Waals surface area contributed by atoms with Gasteiger partial charge in [0.15, 0.2) is 5.78 Å². The molecule has 0 saturated carbocycles. The number of halogens is 1. The van der Waals surface area contributed by atoms with Gasteiger partial charge in [-0.1, -0.05) is 11.8 Å². The van der Waals surface area contributed by atoms with Crippen LogP contribution in [0.4, 0.5) is 4.39 Å². The molecule has 0 radical (unpaired) electrons. The van der Waals surface area contributed by atoms with Crippen LogP contribution in [0.1, 0.15) is 10.4 Å². The predicted molar refractivity (Wildman–Crippen MR) is 70.1 cm³/mol. The highest BCUT2D eigenvalue weighted by Crippen LogP contribution is 2.25. The van der Waals surface area contributed by atoms with E-state index in [1.165, 1.54) is 48.4 Å². The number of benzene rings is 1. The first-order valence-corrected chi connectivity index (χ1v) is 6.96. The highest BCUT2D eigenvalue weighted by atomic mass is 32.2. The second-order valence-corrected chi connectivity index (χ2v) is 5.47. The highest BCUT2D eigenvalue weighted by molar-refractivity contribution is 8.01. The molecule has 94 valence electrons. The average Bonchev–Trinajstić information content (AvgIpc) is 2.89. The first kappa shape index (κ1) is 13.0. The molecule has 0 fully saturated rings. The third kappa shape index (κ3) is 3.08. The molecule has 1 aromatic carbocycles. The van der Waals surface area contributed by atoms with Gasteiger partial charge in [-0.25, -0.2) is 9.37 Å². The van der Waals surface area contributed by atoms with E-state index >= 15 is 0 Å². The largest absolute Gasteiger partial charge is 0.496 e. The first-order chi connectivity index (χ1) is 8.70. The standard InChI is InChI=1S/C12H10FNO2S2/c1-16-11-3-2-8(13)6-9(11)10(15)7-18-12-14-4-5-17-12/h2-6H,7H2,1H3. The van der Waals surface area contributed by atoms with Gasteiger partial charge in [-0.3, -0.25) is 4.79 Å². The third-order valence-corrected chi connectivity index (χ3v) is 4.16. The maximum Gasteiger partial charge on any atom is 0.176 e. The lowest BCUT2D eigenvalue weighted by molar-refractivity contribution is 0.101. The Labute approximate surface area is 112 Å². The SMILES string of the molecule is COc1ccc(F)cc1C(=O)CSc1nccs1. The Morgan fingerprint density at radius 1 is 1.56 bits per heavy atom. The summed E-state index contributed by atoms with van der Waals surface area (Å²) < 4.78 is 19.0. The number of nitrogens with zero attached hydrogens (tertiary/aromatic N) is 1. The van der Waals surface area contributed by atoms with E-state index in [0.29, 0.717) is 5.75 Å². The molecule has 0 saturated heterocycles. The number of rotatable bonds is 5. The zero-order valence-corrected chi connectivity index (χ0v) is 11.2. The Morgan fingerprint density at radius 2 is 2.39 bits per heavy atom. The number of carbonyl (C=O) groups is 1. The summed E-state index contributed by atoms with van der Waals surface area (Å²) in [4.78, 5) is 16.0. The van der Waals surface area contributed by atoms with Crippen LogP contribution in [-0.4, -0.2) is 23.6 Å². The Balaban J connectivity index is 2.10. The fraction of sp³-hybridized carbons (Fsp3) is 0.167. The van der Waals surface area contributed by atoms with Crippen LogP contribution < -0.4 is 4.74 Å². The van der Waals surface area contributed by atoms with Crippen LogP contribution >= 0.6 is 23.1 Å². The van der Waals surface area contributed by atoms with Gasteiger partial charge in [-0.15, -0.1) is 11.3 Å². The molecule has 0 spiro atoms. The van der Waals surface area contributed by atoms with Gasteiger partial charge in [0.2, 0.25) is 0 Å². The lowest BCUT2D eigenvalue weighted by atomic mass is 10.1. The fourth-order valence-corrected chi connectivity index (χ4v) is 2.91. The number of aromatic nitrogens is 1. The van der Waals surface area contributed by atoms with E-state index in [4.69, 9.17) is 4.74 Å². The Morgan fingerprint density at radius 3 is 3.06 bits per heavy atom. The Bertz CT molecular complexity index is 543. The van der Waals surface area contributed by atoms with Crippen molar-refractivity contribution in [3.8, 4) is 5.75 Å². The summed E-state index contributed by atoms with van der Waals surface area (Å²) in [6.07, 6.45) is 1.68. The number of ketones is 1. The minimum absolute atomic E-state index is 0.174. The number of hydrogen-bond donors (Lipinski definition) is 0. The van der Waals surface area contributed by atoms with Crippen LogP contribution in [0.15, 0.2) is 34.1 Å². The smallest absolute Gasteiger partial charge is 0.176 e. The molecule has 1 heterocycles. The summed E-state index contributed by atoms with van der Waals surface area (Å²) in [6, 6.07) is 3.92. The van der Waals surface area contributed by atoms with E-state index in [1.54, 1.807) is 6.20 Å². The molecular weight excluding hydrogens is 273 g/mol. The molecule has 0 aliphatic carbocycles. The van der Waals surface area contributed by atoms with Crippen LogP contribution in [0.25, 0.3) is 0 Å². The number of carbonyl (C=O) groups excluding carboxylic acids is 1. The second kappa shape index (κ2) is 5.97. The number of ether oxygens (including phenoxy) is 1. The van der Waals surface area contributed by atoms with Crippen molar-refractivity contribution in [2.75, 3.05) is 12.9 Å². The van der Waals surface area contributed by atoms with Crippen molar-refractivity contribution in [2.45, 2.75) is 4.34 Å². The first-order valence-electron chi connectivity index (χ1n) is 5.09. The highest BCUT2D eigenvalue weighted by Gasteiger charge is 2.14. The van der Waals surface area contributed by atoms with Gasteiger partial charge in [-0.2, -0.15) is 0 Å². The van der Waals surface area contributed by atoms with Gasteiger partial charge in [0.25, 0.3) is 0 Å². The molecule has 0 aliphatic rings. The molecule has 2 aromatic rings. The third-order valence-electron chi connectivity index (χ3n) is 2.20. The monoisotopic (exact) mass is 283 g/mol. The van der Waals surface area contributed by atoms with Crippen LogP contribution in [0.3, 0.4) is 0 Å². The zero-order valence-electron chi connectivity index (χ0n) is 9.55. The molecule has 1 aromatic heterocycles. The van der Waals surface area contributed by atoms with E-state index in [0.717, 1.165) is 4.34 Å². The number of methoxy groups -OCH3 is 1. The minimum Gasteiger partial charge on any atom is -0.496 e. The van der Waals surface area contributed by atoms with Gasteiger partial charge in [-0.05, 0) is 18.2 Å². The number of hydrogen-bond acceptors (Lipinski definition) is 5. The lowest BCUT2D eigenvalue weighted by Crippen LogP contribution is -2.05. The fourth-order valence-electron chi connectivity index (χ4n) is 1.38. The maximum absolute atomic E-state index is 13.1. The molecule has 6 heteroatoms. The molecule has 0 unspecified atom stereocenters. The van der Waals surface area contributed by atoms with Crippen LogP contribution in [0, 0.1) is 5.82 Å². The van der Waals surface area contributed by atoms with Gasteiger partial charge in [0.1, 0.15) is 15.9 Å². The Hall–Kier alpha value is -1.40. The minimum atomic E-state index is -0.446. The summed E-state index contributed by atoms with van der Waals surface area (Å²) in [5.74, 6) is -0.0149. The summed E-state index contributed by atoms with van der Waals surface area (Å²) in [5.41, 5.74) is 0.265. The maximum atomic E-state index is 13.1. The molecule has 0 atom stereocenters. The van der Waals surface area contributed by atoms with Gasteiger partial charge < -0.3 is 4.74 Å². The van der Waals surface area contributed by atoms with Crippen LogP contribution in [-0.2, 0) is 0 Å². The normalized spacial score (nSPS) is 10.3. The van der Waals surface area contributed by atoms with E-state index in [1.807, 2.05) is 5.38 Å². The summed E-state index contributed by atoms with van der Waals surface area (Å²) >= 11 is 2.80. The molecule has 0 amide bonds. The molecule has 3 nitrogen and oxygen atoms in total. The van der Waals surface area contributed by atoms with Crippen molar-refractivity contribution in [3.05, 3.63) is 41.2 Å². The van der Waals surface area contributed by atoms with Gasteiger partial charge in [0.05, 0.1) is 18.4 Å². The Kier molecular flexibility index (Phi) is 4.33. The van der Waals surface area contributed by atoms with Gasteiger partial charge in [0, 0.05) is 11.6 Å². The molecule has 2 rings (SSSR count). The van der Waals surface area contributed by atoms with Crippen LogP contribution in [0.5, 0.6) is 5.75 Å². The molecule has 0 bridgehead atoms. The van der Waals surface area contributed by atoms with Gasteiger partial charge >= 0.3 is 0 Å². The van der Waals surface area contributed by atoms with E-state index in [9.17, 15) is 9.18 Å². The summed E-state index contributed by atoms with van der Waals surface area (Å²) in [6.45, 7) is 0. The number of thioether (sulfide) groups is 1. The zero-order chi connectivity index (χ0) is 13.0. The summed E-state index contributed by atoms with van der Waals surface area (Å²) in [5, 5.41) is 1.84.